The van der Waals surface area contributed by atoms with E-state index < -0.39 is 18.0 Å². The molecule has 7 nitrogen and oxygen atoms in total. The second-order valence-corrected chi connectivity index (χ2v) is 4.01. The van der Waals surface area contributed by atoms with Gasteiger partial charge in [-0.25, -0.2) is 4.79 Å². The maximum atomic E-state index is 11.7. The number of carboxylic acid groups (broad SMARTS) is 1. The molecule has 0 aromatic heterocycles. The molecule has 1 aromatic rings. The maximum absolute atomic E-state index is 11.7. The molecule has 1 atom stereocenters. The van der Waals surface area contributed by atoms with Gasteiger partial charge in [0.25, 0.3) is 0 Å². The smallest absolute Gasteiger partial charge is 0.334 e. The molecule has 0 heterocycles. The van der Waals surface area contributed by atoms with Gasteiger partial charge in [0.2, 0.25) is 5.91 Å². The molecule has 0 aliphatic carbocycles. The quantitative estimate of drug-likeness (QED) is 0.640. The van der Waals surface area contributed by atoms with E-state index in [1.807, 2.05) is 0 Å². The minimum Gasteiger partial charge on any atom is -0.497 e. The summed E-state index contributed by atoms with van der Waals surface area (Å²) in [4.78, 5) is 22.1. The Hall–Kier alpha value is -2.28. The second-order valence-electron chi connectivity index (χ2n) is 4.01. The standard InChI is InChI=1S/C13H17NO6/c1-19-9-4-3-8(11(6-9)20-2)5-12(16)14-7-10(15)13(17)18/h3-4,6,10,15H,5,7H2,1-2H3,(H,14,16)(H,17,18). The first-order valence-corrected chi connectivity index (χ1v) is 5.86. The number of aliphatic hydroxyl groups is 1. The highest BCUT2D eigenvalue weighted by Gasteiger charge is 2.15. The number of aliphatic hydroxyl groups excluding tert-OH is 1. The fraction of sp³-hybridized carbons (Fsp3) is 0.385. The van der Waals surface area contributed by atoms with Crippen molar-refractivity contribution in [3.05, 3.63) is 23.8 Å². The lowest BCUT2D eigenvalue weighted by Gasteiger charge is -2.11. The zero-order valence-electron chi connectivity index (χ0n) is 11.3. The van der Waals surface area contributed by atoms with Gasteiger partial charge < -0.3 is 25.0 Å². The monoisotopic (exact) mass is 283 g/mol. The number of hydrogen-bond acceptors (Lipinski definition) is 5. The van der Waals surface area contributed by atoms with Crippen molar-refractivity contribution in [2.45, 2.75) is 12.5 Å². The molecular formula is C13H17NO6. The fourth-order valence-electron chi connectivity index (χ4n) is 1.53. The van der Waals surface area contributed by atoms with Crippen LogP contribution in [0.1, 0.15) is 5.56 Å². The highest BCUT2D eigenvalue weighted by Crippen LogP contribution is 2.24. The maximum Gasteiger partial charge on any atom is 0.334 e. The van der Waals surface area contributed by atoms with Crippen molar-refractivity contribution in [2.75, 3.05) is 20.8 Å². The summed E-state index contributed by atoms with van der Waals surface area (Å²) in [5, 5.41) is 19.9. The van der Waals surface area contributed by atoms with E-state index in [1.165, 1.54) is 14.2 Å². The van der Waals surface area contributed by atoms with Gasteiger partial charge >= 0.3 is 5.97 Å². The molecule has 1 rings (SSSR count). The number of carbonyl (C=O) groups excluding carboxylic acids is 1. The molecule has 1 amide bonds. The van der Waals surface area contributed by atoms with Crippen molar-refractivity contribution in [3.63, 3.8) is 0 Å². The highest BCUT2D eigenvalue weighted by atomic mass is 16.5. The normalized spacial score (nSPS) is 11.6. The molecule has 0 spiro atoms. The van der Waals surface area contributed by atoms with E-state index in [4.69, 9.17) is 19.7 Å². The molecule has 0 saturated heterocycles. The van der Waals surface area contributed by atoms with Crippen molar-refractivity contribution in [3.8, 4) is 11.5 Å². The van der Waals surface area contributed by atoms with Crippen molar-refractivity contribution in [1.29, 1.82) is 0 Å². The third-order valence-corrected chi connectivity index (χ3v) is 2.62. The van der Waals surface area contributed by atoms with Crippen LogP contribution in [0.15, 0.2) is 18.2 Å². The van der Waals surface area contributed by atoms with Crippen LogP contribution < -0.4 is 14.8 Å². The van der Waals surface area contributed by atoms with Gasteiger partial charge in [-0.3, -0.25) is 4.79 Å². The van der Waals surface area contributed by atoms with E-state index in [0.29, 0.717) is 17.1 Å². The lowest BCUT2D eigenvalue weighted by Crippen LogP contribution is -2.37. The molecule has 1 unspecified atom stereocenters. The molecule has 7 heteroatoms. The van der Waals surface area contributed by atoms with E-state index in [2.05, 4.69) is 5.32 Å². The average Bonchev–Trinajstić information content (AvgIpc) is 2.44. The number of benzene rings is 1. The Kier molecular flexibility index (Phi) is 5.79. The summed E-state index contributed by atoms with van der Waals surface area (Å²) in [6, 6.07) is 5.02. The minimum atomic E-state index is -1.61. The van der Waals surface area contributed by atoms with Crippen molar-refractivity contribution >= 4 is 11.9 Å². The zero-order valence-corrected chi connectivity index (χ0v) is 11.3. The molecule has 0 aliphatic heterocycles. The molecule has 3 N–H and O–H groups in total. The summed E-state index contributed by atoms with van der Waals surface area (Å²) in [5.41, 5.74) is 0.635. The molecule has 20 heavy (non-hydrogen) atoms. The fourth-order valence-corrected chi connectivity index (χ4v) is 1.53. The predicted octanol–water partition coefficient (Wildman–Crippen LogP) is -0.192. The number of carboxylic acids is 1. The Bertz CT molecular complexity index is 488. The number of amides is 1. The number of carbonyl (C=O) groups is 2. The van der Waals surface area contributed by atoms with Gasteiger partial charge in [0.05, 0.1) is 27.2 Å². The molecule has 0 fully saturated rings. The summed E-state index contributed by atoms with van der Waals surface area (Å²) < 4.78 is 10.2. The minimum absolute atomic E-state index is 0.0134. The van der Waals surface area contributed by atoms with Crippen LogP contribution in [0.5, 0.6) is 11.5 Å². The first kappa shape index (κ1) is 15.8. The van der Waals surface area contributed by atoms with E-state index >= 15 is 0 Å². The van der Waals surface area contributed by atoms with Crippen molar-refractivity contribution in [1.82, 2.24) is 5.32 Å². The molecule has 0 saturated carbocycles. The number of rotatable bonds is 7. The van der Waals surface area contributed by atoms with Gasteiger partial charge in [-0.1, -0.05) is 6.07 Å². The molecule has 1 aromatic carbocycles. The number of nitrogens with one attached hydrogen (secondary N) is 1. The van der Waals surface area contributed by atoms with Gasteiger partial charge in [-0.15, -0.1) is 0 Å². The van der Waals surface area contributed by atoms with Gasteiger partial charge in [0.15, 0.2) is 6.10 Å². The predicted molar refractivity (Wildman–Crippen MR) is 69.9 cm³/mol. The van der Waals surface area contributed by atoms with Crippen LogP contribution in [0.3, 0.4) is 0 Å². The van der Waals surface area contributed by atoms with Crippen LogP contribution in [-0.2, 0) is 16.0 Å². The summed E-state index contributed by atoms with van der Waals surface area (Å²) >= 11 is 0. The second kappa shape index (κ2) is 7.34. The van der Waals surface area contributed by atoms with Gasteiger partial charge in [-0.2, -0.15) is 0 Å². The summed E-state index contributed by atoms with van der Waals surface area (Å²) in [6.07, 6.45) is -1.60. The van der Waals surface area contributed by atoms with Gasteiger partial charge in [0.1, 0.15) is 11.5 Å². The molecule has 110 valence electrons. The summed E-state index contributed by atoms with van der Waals surface area (Å²) in [5.74, 6) is -0.688. The molecule has 0 radical (unpaired) electrons. The Balaban J connectivity index is 2.64. The topological polar surface area (TPSA) is 105 Å². The average molecular weight is 283 g/mol. The first-order chi connectivity index (χ1) is 9.47. The van der Waals surface area contributed by atoms with Crippen LogP contribution in [0, 0.1) is 0 Å². The van der Waals surface area contributed by atoms with Gasteiger partial charge in [-0.05, 0) is 6.07 Å². The Morgan fingerprint density at radius 1 is 1.30 bits per heavy atom. The lowest BCUT2D eigenvalue weighted by molar-refractivity contribution is -0.146. The number of hydrogen-bond donors (Lipinski definition) is 3. The number of ether oxygens (including phenoxy) is 2. The van der Waals surface area contributed by atoms with Crippen LogP contribution in [0.4, 0.5) is 0 Å². The summed E-state index contributed by atoms with van der Waals surface area (Å²) in [7, 11) is 3.00. The van der Waals surface area contributed by atoms with Crippen molar-refractivity contribution < 1.29 is 29.3 Å². The van der Waals surface area contributed by atoms with Crippen LogP contribution in [0.2, 0.25) is 0 Å². The number of methoxy groups -OCH3 is 2. The molecule has 0 aliphatic rings. The van der Waals surface area contributed by atoms with Crippen LogP contribution in [0.25, 0.3) is 0 Å². The number of aliphatic carboxylic acids is 1. The third kappa shape index (κ3) is 4.43. The highest BCUT2D eigenvalue weighted by molar-refractivity contribution is 5.80. The Morgan fingerprint density at radius 3 is 2.55 bits per heavy atom. The Morgan fingerprint density at radius 2 is 2.00 bits per heavy atom. The van der Waals surface area contributed by atoms with E-state index in [1.54, 1.807) is 18.2 Å². The van der Waals surface area contributed by atoms with E-state index in [9.17, 15) is 9.59 Å². The zero-order chi connectivity index (χ0) is 15.1. The van der Waals surface area contributed by atoms with Crippen LogP contribution in [-0.4, -0.2) is 49.0 Å². The first-order valence-electron chi connectivity index (χ1n) is 5.86. The molecular weight excluding hydrogens is 266 g/mol. The van der Waals surface area contributed by atoms with E-state index in [0.717, 1.165) is 0 Å². The Labute approximate surface area is 116 Å². The van der Waals surface area contributed by atoms with Gasteiger partial charge in [0, 0.05) is 11.6 Å². The lowest BCUT2D eigenvalue weighted by atomic mass is 10.1. The third-order valence-electron chi connectivity index (χ3n) is 2.62. The van der Waals surface area contributed by atoms with Crippen LogP contribution >= 0.6 is 0 Å². The molecule has 0 bridgehead atoms. The largest absolute Gasteiger partial charge is 0.497 e. The SMILES string of the molecule is COc1ccc(CC(=O)NCC(O)C(=O)O)c(OC)c1. The summed E-state index contributed by atoms with van der Waals surface area (Å²) in [6.45, 7) is -0.341. The van der Waals surface area contributed by atoms with E-state index in [-0.39, 0.29) is 13.0 Å². The van der Waals surface area contributed by atoms with Crippen molar-refractivity contribution in [2.24, 2.45) is 0 Å².